The zero-order valence-corrected chi connectivity index (χ0v) is 8.78. The summed E-state index contributed by atoms with van der Waals surface area (Å²) >= 11 is 0. The second-order valence-electron chi connectivity index (χ2n) is 3.53. The summed E-state index contributed by atoms with van der Waals surface area (Å²) in [7, 11) is 1.46. The van der Waals surface area contributed by atoms with Crippen molar-refractivity contribution < 1.29 is 13.2 Å². The summed E-state index contributed by atoms with van der Waals surface area (Å²) in [6, 6.07) is 0. The van der Waals surface area contributed by atoms with E-state index in [0.717, 1.165) is 5.57 Å². The lowest BCUT2D eigenvalue weighted by molar-refractivity contribution is -0.142. The molecule has 0 aromatic carbocycles. The molecule has 0 aliphatic heterocycles. The van der Waals surface area contributed by atoms with Crippen molar-refractivity contribution in [3.63, 3.8) is 0 Å². The fourth-order valence-electron chi connectivity index (χ4n) is 0.917. The van der Waals surface area contributed by atoms with Gasteiger partial charge in [0.25, 0.3) is 0 Å². The average molecular weight is 210 g/mol. The van der Waals surface area contributed by atoms with Crippen molar-refractivity contribution in [1.29, 1.82) is 0 Å². The average Bonchev–Trinajstić information content (AvgIpc) is 1.94. The molecule has 14 heavy (non-hydrogen) atoms. The maximum Gasteiger partial charge on any atom is 0.401 e. The molecule has 0 aliphatic rings. The summed E-state index contributed by atoms with van der Waals surface area (Å²) in [5.74, 6) is 0. The van der Waals surface area contributed by atoms with Crippen LogP contribution in [0.4, 0.5) is 13.2 Å². The number of nitrogens with zero attached hydrogens (tertiary/aromatic N) is 1. The molecule has 1 N–H and O–H groups in total. The van der Waals surface area contributed by atoms with Gasteiger partial charge in [0.2, 0.25) is 0 Å². The molecule has 0 aromatic rings. The minimum absolute atomic E-state index is 0.378. The van der Waals surface area contributed by atoms with Crippen LogP contribution in [0, 0.1) is 0 Å². The third-order valence-electron chi connectivity index (χ3n) is 1.48. The fourth-order valence-corrected chi connectivity index (χ4v) is 0.917. The van der Waals surface area contributed by atoms with E-state index in [1.807, 2.05) is 13.8 Å². The Morgan fingerprint density at radius 3 is 2.36 bits per heavy atom. The van der Waals surface area contributed by atoms with Gasteiger partial charge in [-0.25, -0.2) is 0 Å². The van der Waals surface area contributed by atoms with Crippen molar-refractivity contribution >= 4 is 0 Å². The Morgan fingerprint density at radius 2 is 1.93 bits per heavy atom. The molecule has 0 spiro atoms. The second-order valence-corrected chi connectivity index (χ2v) is 3.53. The Labute approximate surface area is 82.8 Å². The van der Waals surface area contributed by atoms with Gasteiger partial charge in [-0.2, -0.15) is 13.2 Å². The molecule has 0 atom stereocenters. The van der Waals surface area contributed by atoms with E-state index in [1.54, 1.807) is 6.20 Å². The van der Waals surface area contributed by atoms with Gasteiger partial charge in [0.15, 0.2) is 0 Å². The second kappa shape index (κ2) is 5.90. The van der Waals surface area contributed by atoms with Crippen molar-refractivity contribution in [2.45, 2.75) is 20.0 Å². The highest BCUT2D eigenvalue weighted by atomic mass is 19.4. The maximum atomic E-state index is 11.9. The Balaban J connectivity index is 3.55. The monoisotopic (exact) mass is 210 g/mol. The van der Waals surface area contributed by atoms with Gasteiger partial charge >= 0.3 is 6.18 Å². The molecule has 0 rings (SSSR count). The summed E-state index contributed by atoms with van der Waals surface area (Å²) in [5.41, 5.74) is 1.10. The van der Waals surface area contributed by atoms with Crippen molar-refractivity contribution in [2.24, 2.45) is 0 Å². The van der Waals surface area contributed by atoms with Gasteiger partial charge in [-0.3, -0.25) is 4.90 Å². The molecule has 0 amide bonds. The number of likely N-dealkylation sites (N-methyl/N-ethyl adjacent to an activating group) is 1. The first-order chi connectivity index (χ1) is 6.31. The molecule has 84 valence electrons. The van der Waals surface area contributed by atoms with E-state index in [0.29, 0.717) is 13.1 Å². The third-order valence-corrected chi connectivity index (χ3v) is 1.48. The van der Waals surface area contributed by atoms with E-state index in [-0.39, 0.29) is 0 Å². The number of hydrogen-bond donors (Lipinski definition) is 1. The number of hydrogen-bond acceptors (Lipinski definition) is 2. The van der Waals surface area contributed by atoms with E-state index in [4.69, 9.17) is 0 Å². The van der Waals surface area contributed by atoms with Crippen LogP contribution in [0.2, 0.25) is 0 Å². The van der Waals surface area contributed by atoms with Gasteiger partial charge in [0, 0.05) is 13.1 Å². The summed E-state index contributed by atoms with van der Waals surface area (Å²) < 4.78 is 35.6. The minimum atomic E-state index is -4.11. The molecule has 0 fully saturated rings. The normalized spacial score (nSPS) is 11.6. The Morgan fingerprint density at radius 1 is 1.36 bits per heavy atom. The Hall–Kier alpha value is -0.710. The number of rotatable bonds is 5. The maximum absolute atomic E-state index is 11.9. The van der Waals surface area contributed by atoms with E-state index in [2.05, 4.69) is 5.32 Å². The van der Waals surface area contributed by atoms with Crippen LogP contribution in [-0.2, 0) is 0 Å². The highest BCUT2D eigenvalue weighted by Crippen LogP contribution is 2.14. The lowest BCUT2D eigenvalue weighted by Gasteiger charge is -2.18. The molecule has 0 aromatic heterocycles. The van der Waals surface area contributed by atoms with Crippen LogP contribution in [0.5, 0.6) is 0 Å². The molecule has 0 unspecified atom stereocenters. The van der Waals surface area contributed by atoms with E-state index >= 15 is 0 Å². The van der Waals surface area contributed by atoms with E-state index in [1.165, 1.54) is 11.9 Å². The van der Waals surface area contributed by atoms with Crippen LogP contribution < -0.4 is 5.32 Å². The molecule has 0 saturated carbocycles. The lowest BCUT2D eigenvalue weighted by atomic mass is 10.4. The predicted octanol–water partition coefficient (Wildman–Crippen LogP) is 1.99. The minimum Gasteiger partial charge on any atom is -0.390 e. The summed E-state index contributed by atoms with van der Waals surface area (Å²) in [5, 5.41) is 2.93. The van der Waals surface area contributed by atoms with Gasteiger partial charge in [-0.05, 0) is 27.1 Å². The molecule has 0 heterocycles. The van der Waals surface area contributed by atoms with E-state index < -0.39 is 12.7 Å². The zero-order valence-electron chi connectivity index (χ0n) is 8.78. The van der Waals surface area contributed by atoms with Gasteiger partial charge in [-0.15, -0.1) is 0 Å². The van der Waals surface area contributed by atoms with Crippen LogP contribution in [0.15, 0.2) is 11.8 Å². The SMILES string of the molecule is CC(C)=CNCCN(C)CC(F)(F)F. The predicted molar refractivity (Wildman–Crippen MR) is 51.0 cm³/mol. The van der Waals surface area contributed by atoms with Crippen molar-refractivity contribution in [2.75, 3.05) is 26.7 Å². The molecular formula is C9H17F3N2. The number of halogens is 3. The quantitative estimate of drug-likeness (QED) is 0.698. The Bertz CT molecular complexity index is 183. The first kappa shape index (κ1) is 13.3. The fraction of sp³-hybridized carbons (Fsp3) is 0.778. The largest absolute Gasteiger partial charge is 0.401 e. The number of allylic oxidation sites excluding steroid dienone is 1. The number of alkyl halides is 3. The molecule has 2 nitrogen and oxygen atoms in total. The number of nitrogens with one attached hydrogen (secondary N) is 1. The van der Waals surface area contributed by atoms with Crippen LogP contribution in [-0.4, -0.2) is 37.8 Å². The third kappa shape index (κ3) is 9.38. The standard InChI is InChI=1S/C9H17F3N2/c1-8(2)6-13-4-5-14(3)7-9(10,11)12/h6,13H,4-5,7H2,1-3H3. The molecule has 0 saturated heterocycles. The molecule has 5 heteroatoms. The van der Waals surface area contributed by atoms with E-state index in [9.17, 15) is 13.2 Å². The lowest BCUT2D eigenvalue weighted by Crippen LogP contribution is -2.35. The van der Waals surface area contributed by atoms with Crippen molar-refractivity contribution in [3.05, 3.63) is 11.8 Å². The van der Waals surface area contributed by atoms with Gasteiger partial charge < -0.3 is 5.32 Å². The summed E-state index contributed by atoms with van der Waals surface area (Å²) in [6.45, 7) is 3.89. The van der Waals surface area contributed by atoms with Crippen molar-refractivity contribution in [1.82, 2.24) is 10.2 Å². The first-order valence-electron chi connectivity index (χ1n) is 4.43. The Kier molecular flexibility index (Phi) is 5.60. The highest BCUT2D eigenvalue weighted by molar-refractivity contribution is 4.90. The summed E-state index contributed by atoms with van der Waals surface area (Å²) in [4.78, 5) is 1.24. The smallest absolute Gasteiger partial charge is 0.390 e. The molecular weight excluding hydrogens is 193 g/mol. The highest BCUT2D eigenvalue weighted by Gasteiger charge is 2.28. The van der Waals surface area contributed by atoms with Gasteiger partial charge in [-0.1, -0.05) is 5.57 Å². The zero-order chi connectivity index (χ0) is 11.2. The van der Waals surface area contributed by atoms with Crippen molar-refractivity contribution in [3.8, 4) is 0 Å². The molecule has 0 aliphatic carbocycles. The van der Waals surface area contributed by atoms with Crippen LogP contribution in [0.3, 0.4) is 0 Å². The van der Waals surface area contributed by atoms with Crippen LogP contribution in [0.25, 0.3) is 0 Å². The topological polar surface area (TPSA) is 15.3 Å². The van der Waals surface area contributed by atoms with Gasteiger partial charge in [0.1, 0.15) is 0 Å². The first-order valence-corrected chi connectivity index (χ1v) is 4.43. The molecule has 0 radical (unpaired) electrons. The van der Waals surface area contributed by atoms with Crippen LogP contribution >= 0.6 is 0 Å². The van der Waals surface area contributed by atoms with Gasteiger partial charge in [0.05, 0.1) is 6.54 Å². The molecule has 0 bridgehead atoms. The van der Waals surface area contributed by atoms with Crippen LogP contribution in [0.1, 0.15) is 13.8 Å². The summed E-state index contributed by atoms with van der Waals surface area (Å²) in [6.07, 6.45) is -2.31.